The van der Waals surface area contributed by atoms with Crippen molar-refractivity contribution in [1.82, 2.24) is 9.97 Å². The van der Waals surface area contributed by atoms with E-state index in [0.717, 1.165) is 6.07 Å². The highest BCUT2D eigenvalue weighted by atomic mass is 35.5. The number of hydrogen-bond donors (Lipinski definition) is 0. The Morgan fingerprint density at radius 1 is 1.20 bits per heavy atom. The molecule has 1 heterocycles. The summed E-state index contributed by atoms with van der Waals surface area (Å²) in [6, 6.07) is 5.25. The maximum Gasteiger partial charge on any atom is 0.224 e. The van der Waals surface area contributed by atoms with Crippen molar-refractivity contribution in [3.8, 4) is 11.6 Å². The van der Waals surface area contributed by atoms with Gasteiger partial charge in [-0.25, -0.2) is 9.37 Å². The standard InChI is InChI=1S/C13H11Cl2FN2O2/c1-2-19-7-12-17-11(15)6-13(18-12)20-10-4-3-8(16)5-9(10)14/h3-6H,2,7H2,1H3. The zero-order chi connectivity index (χ0) is 14.5. The Balaban J connectivity index is 2.21. The fraction of sp³-hybridized carbons (Fsp3) is 0.231. The molecular formula is C13H11Cl2FN2O2. The zero-order valence-electron chi connectivity index (χ0n) is 10.6. The number of nitrogens with zero attached hydrogens (tertiary/aromatic N) is 2. The van der Waals surface area contributed by atoms with Crippen LogP contribution >= 0.6 is 23.2 Å². The highest BCUT2D eigenvalue weighted by molar-refractivity contribution is 6.32. The summed E-state index contributed by atoms with van der Waals surface area (Å²) in [4.78, 5) is 8.14. The molecule has 0 unspecified atom stereocenters. The summed E-state index contributed by atoms with van der Waals surface area (Å²) in [5.74, 6) is 0.450. The average molecular weight is 317 g/mol. The molecule has 106 valence electrons. The van der Waals surface area contributed by atoms with Crippen LogP contribution in [0.2, 0.25) is 10.2 Å². The van der Waals surface area contributed by atoms with Gasteiger partial charge in [-0.3, -0.25) is 0 Å². The summed E-state index contributed by atoms with van der Waals surface area (Å²) < 4.78 is 23.6. The SMILES string of the molecule is CCOCc1nc(Cl)cc(Oc2ccc(F)cc2Cl)n1. The monoisotopic (exact) mass is 316 g/mol. The van der Waals surface area contributed by atoms with Crippen LogP contribution in [0.5, 0.6) is 11.6 Å². The molecule has 0 saturated carbocycles. The summed E-state index contributed by atoms with van der Waals surface area (Å²) in [5.41, 5.74) is 0. The molecule has 0 fully saturated rings. The second-order valence-electron chi connectivity index (χ2n) is 3.76. The molecular weight excluding hydrogens is 306 g/mol. The first-order valence-corrected chi connectivity index (χ1v) is 6.58. The van der Waals surface area contributed by atoms with Crippen molar-refractivity contribution in [1.29, 1.82) is 0 Å². The molecule has 2 rings (SSSR count). The van der Waals surface area contributed by atoms with E-state index < -0.39 is 5.82 Å². The third-order valence-corrected chi connectivity index (χ3v) is 2.75. The summed E-state index contributed by atoms with van der Waals surface area (Å²) in [5, 5.41) is 0.369. The molecule has 0 atom stereocenters. The number of ether oxygens (including phenoxy) is 2. The van der Waals surface area contributed by atoms with Gasteiger partial charge in [-0.1, -0.05) is 23.2 Å². The van der Waals surface area contributed by atoms with Crippen molar-refractivity contribution in [2.75, 3.05) is 6.61 Å². The first-order chi connectivity index (χ1) is 9.58. The summed E-state index contributed by atoms with van der Waals surface area (Å²) in [6.45, 7) is 2.63. The summed E-state index contributed by atoms with van der Waals surface area (Å²) >= 11 is 11.8. The number of aromatic nitrogens is 2. The minimum Gasteiger partial charge on any atom is -0.437 e. The first-order valence-electron chi connectivity index (χ1n) is 5.82. The van der Waals surface area contributed by atoms with Crippen LogP contribution in [-0.2, 0) is 11.3 Å². The quantitative estimate of drug-likeness (QED) is 0.773. The molecule has 0 aliphatic rings. The van der Waals surface area contributed by atoms with E-state index in [-0.39, 0.29) is 28.4 Å². The van der Waals surface area contributed by atoms with Crippen molar-refractivity contribution in [2.45, 2.75) is 13.5 Å². The van der Waals surface area contributed by atoms with Crippen LogP contribution in [0, 0.1) is 5.82 Å². The van der Waals surface area contributed by atoms with Crippen molar-refractivity contribution in [3.05, 3.63) is 46.1 Å². The molecule has 0 spiro atoms. The second-order valence-corrected chi connectivity index (χ2v) is 4.55. The molecule has 0 saturated heterocycles. The van der Waals surface area contributed by atoms with Crippen LogP contribution in [0.15, 0.2) is 24.3 Å². The lowest BCUT2D eigenvalue weighted by atomic mass is 10.3. The molecule has 1 aromatic carbocycles. The topological polar surface area (TPSA) is 44.2 Å². The van der Waals surface area contributed by atoms with Crippen LogP contribution in [0.25, 0.3) is 0 Å². The van der Waals surface area contributed by atoms with Gasteiger partial charge in [-0.2, -0.15) is 4.98 Å². The third kappa shape index (κ3) is 4.03. The van der Waals surface area contributed by atoms with Crippen LogP contribution in [0.1, 0.15) is 12.7 Å². The normalized spacial score (nSPS) is 10.6. The van der Waals surface area contributed by atoms with Gasteiger partial charge in [0.2, 0.25) is 5.88 Å². The van der Waals surface area contributed by atoms with E-state index in [9.17, 15) is 4.39 Å². The zero-order valence-corrected chi connectivity index (χ0v) is 12.1. The molecule has 0 N–H and O–H groups in total. The maximum atomic E-state index is 13.0. The predicted octanol–water partition coefficient (Wildman–Crippen LogP) is 4.25. The van der Waals surface area contributed by atoms with Gasteiger partial charge in [-0.15, -0.1) is 0 Å². The summed E-state index contributed by atoms with van der Waals surface area (Å²) in [6.07, 6.45) is 0. The fourth-order valence-electron chi connectivity index (χ4n) is 1.42. The molecule has 4 nitrogen and oxygen atoms in total. The third-order valence-electron chi connectivity index (χ3n) is 2.26. The van der Waals surface area contributed by atoms with Crippen molar-refractivity contribution < 1.29 is 13.9 Å². The molecule has 0 radical (unpaired) electrons. The molecule has 2 aromatic rings. The smallest absolute Gasteiger partial charge is 0.224 e. The number of hydrogen-bond acceptors (Lipinski definition) is 4. The average Bonchev–Trinajstić information content (AvgIpc) is 2.39. The van der Waals surface area contributed by atoms with Crippen molar-refractivity contribution in [2.24, 2.45) is 0 Å². The lowest BCUT2D eigenvalue weighted by Gasteiger charge is -2.08. The number of halogens is 3. The van der Waals surface area contributed by atoms with E-state index in [2.05, 4.69) is 9.97 Å². The van der Waals surface area contributed by atoms with E-state index >= 15 is 0 Å². The summed E-state index contributed by atoms with van der Waals surface area (Å²) in [7, 11) is 0. The Hall–Kier alpha value is -1.43. The Kier molecular flexibility index (Phi) is 5.11. The molecule has 0 bridgehead atoms. The van der Waals surface area contributed by atoms with E-state index in [1.54, 1.807) is 0 Å². The fourth-order valence-corrected chi connectivity index (χ4v) is 1.82. The minimum atomic E-state index is -0.444. The van der Waals surface area contributed by atoms with Gasteiger partial charge in [-0.05, 0) is 25.1 Å². The van der Waals surface area contributed by atoms with Gasteiger partial charge >= 0.3 is 0 Å². The molecule has 0 aliphatic carbocycles. The van der Waals surface area contributed by atoms with E-state index in [4.69, 9.17) is 32.7 Å². The Labute approximate surface area is 125 Å². The van der Waals surface area contributed by atoms with Gasteiger partial charge in [0.15, 0.2) is 5.82 Å². The highest BCUT2D eigenvalue weighted by Gasteiger charge is 2.09. The molecule has 0 amide bonds. The van der Waals surface area contributed by atoms with Gasteiger partial charge in [0.1, 0.15) is 23.3 Å². The van der Waals surface area contributed by atoms with E-state index in [1.807, 2.05) is 6.92 Å². The van der Waals surface area contributed by atoms with Crippen LogP contribution in [-0.4, -0.2) is 16.6 Å². The van der Waals surface area contributed by atoms with Gasteiger partial charge in [0.05, 0.1) is 5.02 Å². The van der Waals surface area contributed by atoms with Crippen LogP contribution in [0.3, 0.4) is 0 Å². The van der Waals surface area contributed by atoms with Gasteiger partial charge in [0, 0.05) is 12.7 Å². The molecule has 0 aliphatic heterocycles. The van der Waals surface area contributed by atoms with Gasteiger partial charge in [0.25, 0.3) is 0 Å². The molecule has 1 aromatic heterocycles. The minimum absolute atomic E-state index is 0.145. The second kappa shape index (κ2) is 6.83. The first kappa shape index (κ1) is 15.0. The van der Waals surface area contributed by atoms with Crippen molar-refractivity contribution in [3.63, 3.8) is 0 Å². The molecule has 20 heavy (non-hydrogen) atoms. The highest BCUT2D eigenvalue weighted by Crippen LogP contribution is 2.29. The maximum absolute atomic E-state index is 13.0. The van der Waals surface area contributed by atoms with Crippen molar-refractivity contribution >= 4 is 23.2 Å². The van der Waals surface area contributed by atoms with Crippen LogP contribution < -0.4 is 4.74 Å². The predicted molar refractivity (Wildman–Crippen MR) is 73.9 cm³/mol. The Morgan fingerprint density at radius 3 is 2.70 bits per heavy atom. The van der Waals surface area contributed by atoms with Gasteiger partial charge < -0.3 is 9.47 Å². The van der Waals surface area contributed by atoms with E-state index in [0.29, 0.717) is 12.4 Å². The molecule has 7 heteroatoms. The van der Waals surface area contributed by atoms with E-state index in [1.165, 1.54) is 18.2 Å². The lowest BCUT2D eigenvalue weighted by Crippen LogP contribution is -2.01. The lowest BCUT2D eigenvalue weighted by molar-refractivity contribution is 0.128. The Morgan fingerprint density at radius 2 is 2.00 bits per heavy atom. The largest absolute Gasteiger partial charge is 0.437 e. The van der Waals surface area contributed by atoms with Crippen LogP contribution in [0.4, 0.5) is 4.39 Å². The Bertz CT molecular complexity index is 611. The number of rotatable bonds is 5. The number of benzene rings is 1.